The fourth-order valence-electron chi connectivity index (χ4n) is 6.20. The lowest BCUT2D eigenvalue weighted by molar-refractivity contribution is -0.137. The van der Waals surface area contributed by atoms with Crippen molar-refractivity contribution in [3.05, 3.63) is 47.7 Å². The first kappa shape index (κ1) is 31.9. The second-order valence-electron chi connectivity index (χ2n) is 11.5. The third-order valence-electron chi connectivity index (χ3n) is 8.77. The summed E-state index contributed by atoms with van der Waals surface area (Å²) < 4.78 is 40.1. The maximum atomic E-state index is 13.4. The largest absolute Gasteiger partial charge is 0.417 e. The Morgan fingerprint density at radius 1 is 1.05 bits per heavy atom. The minimum Gasteiger partial charge on any atom is -0.371 e. The number of carbonyl (C=O) groups excluding carboxylic acids is 1. The van der Waals surface area contributed by atoms with Gasteiger partial charge in [0.1, 0.15) is 5.82 Å². The summed E-state index contributed by atoms with van der Waals surface area (Å²) in [6, 6.07) is 9.83. The van der Waals surface area contributed by atoms with E-state index in [1.54, 1.807) is 6.07 Å². The molecule has 3 aliphatic heterocycles. The predicted octanol–water partition coefficient (Wildman–Crippen LogP) is 4.76. The Morgan fingerprint density at radius 2 is 1.71 bits per heavy atom. The quantitative estimate of drug-likeness (QED) is 0.491. The van der Waals surface area contributed by atoms with Gasteiger partial charge in [0.15, 0.2) is 0 Å². The smallest absolute Gasteiger partial charge is 0.371 e. The molecule has 0 radical (unpaired) electrons. The van der Waals surface area contributed by atoms with Crippen LogP contribution >= 0.6 is 12.4 Å². The van der Waals surface area contributed by atoms with Gasteiger partial charge >= 0.3 is 6.18 Å². The van der Waals surface area contributed by atoms with Crippen molar-refractivity contribution < 1.29 is 18.0 Å². The number of nitrogens with one attached hydrogen (secondary N) is 2. The van der Waals surface area contributed by atoms with Crippen LogP contribution in [0.25, 0.3) is 0 Å². The first-order valence-corrected chi connectivity index (χ1v) is 14.5. The number of halogens is 4. The number of carbonyl (C=O) groups is 1. The molecule has 0 saturated carbocycles. The summed E-state index contributed by atoms with van der Waals surface area (Å²) in [7, 11) is 0. The van der Waals surface area contributed by atoms with Crippen molar-refractivity contribution in [3.63, 3.8) is 0 Å². The van der Waals surface area contributed by atoms with Crippen LogP contribution in [0.15, 0.2) is 36.5 Å². The molecule has 0 bridgehead atoms. The molecule has 228 valence electrons. The molecule has 2 aromatic rings. The van der Waals surface area contributed by atoms with E-state index in [1.807, 2.05) is 23.2 Å². The first-order chi connectivity index (χ1) is 19.7. The van der Waals surface area contributed by atoms with E-state index in [2.05, 4.69) is 32.3 Å². The van der Waals surface area contributed by atoms with E-state index >= 15 is 0 Å². The number of nitrogens with zero attached hydrogens (tertiary/aromatic N) is 5. The first-order valence-electron chi connectivity index (χ1n) is 14.5. The minimum absolute atomic E-state index is 0. The maximum absolute atomic E-state index is 13.4. The summed E-state index contributed by atoms with van der Waals surface area (Å²) >= 11 is 0. The lowest BCUT2D eigenvalue weighted by atomic mass is 9.95. The van der Waals surface area contributed by atoms with Gasteiger partial charge in [-0.1, -0.05) is 0 Å². The van der Waals surface area contributed by atoms with Gasteiger partial charge in [-0.15, -0.1) is 12.4 Å². The monoisotopic (exact) mass is 605 g/mol. The Kier molecular flexibility index (Phi) is 10.6. The van der Waals surface area contributed by atoms with Crippen LogP contribution in [0, 0.1) is 23.2 Å². The number of aromatic nitrogens is 1. The van der Waals surface area contributed by atoms with E-state index in [-0.39, 0.29) is 29.8 Å². The molecule has 8 nitrogen and oxygen atoms in total. The minimum atomic E-state index is -4.60. The van der Waals surface area contributed by atoms with Crippen LogP contribution in [0.1, 0.15) is 43.7 Å². The average molecular weight is 606 g/mol. The van der Waals surface area contributed by atoms with Gasteiger partial charge < -0.3 is 20.4 Å². The van der Waals surface area contributed by atoms with Gasteiger partial charge in [-0.25, -0.2) is 4.98 Å². The maximum Gasteiger partial charge on any atom is 0.417 e. The number of pyridine rings is 1. The molecule has 0 spiro atoms. The van der Waals surface area contributed by atoms with E-state index in [0.717, 1.165) is 57.3 Å². The number of amides is 1. The van der Waals surface area contributed by atoms with Gasteiger partial charge in [0.25, 0.3) is 0 Å². The summed E-state index contributed by atoms with van der Waals surface area (Å²) in [5, 5.41) is 15.4. The van der Waals surface area contributed by atoms with Crippen molar-refractivity contribution in [2.24, 2.45) is 11.8 Å². The number of alkyl halides is 3. The molecule has 3 aliphatic rings. The number of rotatable bonds is 6. The third kappa shape index (κ3) is 7.65. The highest BCUT2D eigenvalue weighted by atomic mass is 35.5. The molecule has 12 heteroatoms. The molecule has 1 atom stereocenters. The second-order valence-corrected chi connectivity index (χ2v) is 11.5. The van der Waals surface area contributed by atoms with Crippen LogP contribution in [-0.2, 0) is 11.0 Å². The van der Waals surface area contributed by atoms with Crippen molar-refractivity contribution >= 4 is 35.5 Å². The SMILES string of the molecule is C[C@H]1CNCCN1CC1CCN(c2ccc(NC(=O)C3CCN(c4ccc(C#N)c(C(F)(F)F)c4)CC3)nc2)CC1.Cl. The molecule has 0 aliphatic carbocycles. The van der Waals surface area contributed by atoms with E-state index in [0.29, 0.717) is 49.4 Å². The lowest BCUT2D eigenvalue weighted by Gasteiger charge is -2.39. The third-order valence-corrected chi connectivity index (χ3v) is 8.77. The molecule has 4 heterocycles. The van der Waals surface area contributed by atoms with E-state index < -0.39 is 11.7 Å². The number of anilines is 3. The summed E-state index contributed by atoms with van der Waals surface area (Å²) in [5.41, 5.74) is 0.154. The van der Waals surface area contributed by atoms with Crippen LogP contribution < -0.4 is 20.4 Å². The number of nitriles is 1. The van der Waals surface area contributed by atoms with Crippen LogP contribution in [0.2, 0.25) is 0 Å². The van der Waals surface area contributed by atoms with Crippen molar-refractivity contribution in [2.75, 3.05) is 67.5 Å². The fourth-order valence-corrected chi connectivity index (χ4v) is 6.20. The van der Waals surface area contributed by atoms with Crippen LogP contribution in [-0.4, -0.2) is 74.2 Å². The predicted molar refractivity (Wildman–Crippen MR) is 160 cm³/mol. The topological polar surface area (TPSA) is 87.5 Å². The molecule has 1 amide bonds. The van der Waals surface area contributed by atoms with Crippen LogP contribution in [0.5, 0.6) is 0 Å². The zero-order valence-electron chi connectivity index (χ0n) is 23.9. The zero-order chi connectivity index (χ0) is 29.0. The van der Waals surface area contributed by atoms with Gasteiger partial charge in [-0.2, -0.15) is 18.4 Å². The summed E-state index contributed by atoms with van der Waals surface area (Å²) in [6.45, 7) is 9.64. The highest BCUT2D eigenvalue weighted by Gasteiger charge is 2.35. The fraction of sp³-hybridized carbons (Fsp3) is 0.567. The highest BCUT2D eigenvalue weighted by Crippen LogP contribution is 2.35. The number of piperidine rings is 2. The van der Waals surface area contributed by atoms with Gasteiger partial charge in [0.2, 0.25) is 5.91 Å². The van der Waals surface area contributed by atoms with Gasteiger partial charge in [0.05, 0.1) is 29.1 Å². The molecule has 0 unspecified atom stereocenters. The van der Waals surface area contributed by atoms with Crippen molar-refractivity contribution in [1.82, 2.24) is 15.2 Å². The Labute approximate surface area is 251 Å². The number of hydrogen-bond donors (Lipinski definition) is 2. The number of hydrogen-bond acceptors (Lipinski definition) is 7. The Bertz CT molecular complexity index is 1240. The average Bonchev–Trinajstić information content (AvgIpc) is 2.98. The molecule has 3 fully saturated rings. The Morgan fingerprint density at radius 3 is 2.33 bits per heavy atom. The van der Waals surface area contributed by atoms with Crippen molar-refractivity contribution in [2.45, 2.75) is 44.8 Å². The molecular formula is C30H39ClF3N7O. The molecule has 1 aromatic heterocycles. The molecular weight excluding hydrogens is 567 g/mol. The highest BCUT2D eigenvalue weighted by molar-refractivity contribution is 5.92. The molecule has 1 aromatic carbocycles. The Hall–Kier alpha value is -3.07. The Balaban J connectivity index is 0.00000405. The van der Waals surface area contributed by atoms with E-state index in [4.69, 9.17) is 5.26 Å². The summed E-state index contributed by atoms with van der Waals surface area (Å²) in [5.74, 6) is 0.855. The van der Waals surface area contributed by atoms with E-state index in [1.165, 1.54) is 18.7 Å². The van der Waals surface area contributed by atoms with Gasteiger partial charge in [0, 0.05) is 70.0 Å². The number of piperazine rings is 1. The van der Waals surface area contributed by atoms with Crippen molar-refractivity contribution in [1.29, 1.82) is 5.26 Å². The zero-order valence-corrected chi connectivity index (χ0v) is 24.7. The van der Waals surface area contributed by atoms with Crippen LogP contribution in [0.4, 0.5) is 30.4 Å². The number of benzene rings is 1. The van der Waals surface area contributed by atoms with Crippen molar-refractivity contribution in [3.8, 4) is 6.07 Å². The van der Waals surface area contributed by atoms with Gasteiger partial charge in [-0.3, -0.25) is 9.69 Å². The molecule has 5 rings (SSSR count). The molecule has 3 saturated heterocycles. The lowest BCUT2D eigenvalue weighted by Crippen LogP contribution is -2.52. The standard InChI is InChI=1S/C30H38F3N7O.ClH/c1-21-18-35-10-15-40(21)20-22-6-11-39(12-7-22)26-4-5-28(36-19-26)37-29(41)23-8-13-38(14-9-23)25-3-2-24(17-34)27(16-25)30(31,32)33;/h2-5,16,19,21-23,35H,6-15,18,20H2,1H3,(H,36,37,41);1H/t21-;/m0./s1. The molecule has 42 heavy (non-hydrogen) atoms. The summed E-state index contributed by atoms with van der Waals surface area (Å²) in [6.07, 6.45) is 0.587. The second kappa shape index (κ2) is 13.9. The van der Waals surface area contributed by atoms with E-state index in [9.17, 15) is 18.0 Å². The van der Waals surface area contributed by atoms with Gasteiger partial charge in [-0.05, 0) is 68.9 Å². The molecule has 2 N–H and O–H groups in total. The summed E-state index contributed by atoms with van der Waals surface area (Å²) in [4.78, 5) is 24.2. The normalized spacial score (nSPS) is 21.0. The van der Waals surface area contributed by atoms with Crippen LogP contribution in [0.3, 0.4) is 0 Å².